The topological polar surface area (TPSA) is 25.4 Å². The van der Waals surface area contributed by atoms with Gasteiger partial charge in [-0.1, -0.05) is 30.3 Å². The van der Waals surface area contributed by atoms with Gasteiger partial charge in [0.25, 0.3) is 0 Å². The Hall–Kier alpha value is -1.23. The maximum Gasteiger partial charge on any atom is 0.107 e. The zero-order valence-corrected chi connectivity index (χ0v) is 12.4. The van der Waals surface area contributed by atoms with E-state index in [9.17, 15) is 0 Å². The molecule has 1 aliphatic heterocycles. The highest BCUT2D eigenvalue weighted by molar-refractivity contribution is 7.09. The number of thiazole rings is 1. The van der Waals surface area contributed by atoms with Crippen molar-refractivity contribution in [1.82, 2.24) is 9.88 Å². The summed E-state index contributed by atoms with van der Waals surface area (Å²) >= 11 is 1.74. The van der Waals surface area contributed by atoms with Crippen LogP contribution in [0.5, 0.6) is 0 Å². The zero-order chi connectivity index (χ0) is 13.6. The first-order valence-corrected chi connectivity index (χ1v) is 8.00. The van der Waals surface area contributed by atoms with E-state index in [4.69, 9.17) is 4.74 Å². The van der Waals surface area contributed by atoms with Crippen molar-refractivity contribution < 1.29 is 4.74 Å². The molecule has 0 bridgehead atoms. The van der Waals surface area contributed by atoms with E-state index in [0.29, 0.717) is 5.92 Å². The van der Waals surface area contributed by atoms with Crippen molar-refractivity contribution in [2.24, 2.45) is 5.92 Å². The van der Waals surface area contributed by atoms with Crippen LogP contribution in [0.25, 0.3) is 0 Å². The third kappa shape index (κ3) is 3.88. The lowest BCUT2D eigenvalue weighted by Crippen LogP contribution is -2.29. The van der Waals surface area contributed by atoms with Crippen LogP contribution in [-0.4, -0.2) is 29.6 Å². The molecule has 2 aromatic rings. The Bertz CT molecular complexity index is 494. The number of hydrogen-bond donors (Lipinski definition) is 0. The molecule has 0 aliphatic carbocycles. The molecule has 4 heteroatoms. The van der Waals surface area contributed by atoms with Crippen LogP contribution >= 0.6 is 11.3 Å². The predicted octanol–water partition coefficient (Wildman–Crippen LogP) is 3.18. The van der Waals surface area contributed by atoms with Crippen molar-refractivity contribution in [2.75, 3.05) is 19.8 Å². The summed E-state index contributed by atoms with van der Waals surface area (Å²) in [6, 6.07) is 10.7. The fourth-order valence-electron chi connectivity index (χ4n) is 2.64. The summed E-state index contributed by atoms with van der Waals surface area (Å²) in [5, 5.41) is 3.24. The van der Waals surface area contributed by atoms with Gasteiger partial charge in [-0.25, -0.2) is 4.98 Å². The second-order valence-electron chi connectivity index (χ2n) is 5.31. The lowest BCUT2D eigenvalue weighted by Gasteiger charge is -2.24. The highest BCUT2D eigenvalue weighted by atomic mass is 32.1. The minimum absolute atomic E-state index is 0.665. The molecular formula is C16H20N2OS. The van der Waals surface area contributed by atoms with Crippen LogP contribution in [0.1, 0.15) is 17.0 Å². The number of aromatic nitrogens is 1. The Morgan fingerprint density at radius 1 is 1.25 bits per heavy atom. The summed E-state index contributed by atoms with van der Waals surface area (Å²) in [5.41, 5.74) is 1.36. The summed E-state index contributed by atoms with van der Waals surface area (Å²) in [6.07, 6.45) is 3.07. The van der Waals surface area contributed by atoms with E-state index in [1.807, 2.05) is 6.20 Å². The van der Waals surface area contributed by atoms with E-state index in [2.05, 4.69) is 45.6 Å². The van der Waals surface area contributed by atoms with Gasteiger partial charge >= 0.3 is 0 Å². The maximum absolute atomic E-state index is 5.50. The van der Waals surface area contributed by atoms with Gasteiger partial charge in [0.1, 0.15) is 5.01 Å². The minimum atomic E-state index is 0.665. The Kier molecular flexibility index (Phi) is 4.79. The van der Waals surface area contributed by atoms with Crippen molar-refractivity contribution in [1.29, 1.82) is 0 Å². The summed E-state index contributed by atoms with van der Waals surface area (Å²) in [6.45, 7) is 4.83. The van der Waals surface area contributed by atoms with Crippen LogP contribution < -0.4 is 0 Å². The number of rotatable bonds is 6. The maximum atomic E-state index is 5.50. The highest BCUT2D eigenvalue weighted by Crippen LogP contribution is 2.18. The molecule has 20 heavy (non-hydrogen) atoms. The molecule has 0 unspecified atom stereocenters. The Balaban J connectivity index is 1.65. The largest absolute Gasteiger partial charge is 0.381 e. The molecular weight excluding hydrogens is 268 g/mol. The summed E-state index contributed by atoms with van der Waals surface area (Å²) in [5.74, 6) is 0.665. The number of hydrogen-bond acceptors (Lipinski definition) is 4. The predicted molar refractivity (Wildman–Crippen MR) is 81.6 cm³/mol. The normalized spacial score (nSPS) is 18.8. The molecule has 0 N–H and O–H groups in total. The van der Waals surface area contributed by atoms with Crippen LogP contribution in [-0.2, 0) is 17.8 Å². The highest BCUT2D eigenvalue weighted by Gasteiger charge is 2.20. The van der Waals surface area contributed by atoms with Crippen molar-refractivity contribution in [3.8, 4) is 0 Å². The van der Waals surface area contributed by atoms with Crippen molar-refractivity contribution in [3.05, 3.63) is 52.5 Å². The molecule has 1 atom stereocenters. The third-order valence-electron chi connectivity index (χ3n) is 3.63. The van der Waals surface area contributed by atoms with Gasteiger partial charge in [-0.15, -0.1) is 11.3 Å². The molecule has 0 amide bonds. The lowest BCUT2D eigenvalue weighted by molar-refractivity contribution is 0.161. The molecule has 1 saturated heterocycles. The molecule has 0 saturated carbocycles. The smallest absolute Gasteiger partial charge is 0.107 e. The van der Waals surface area contributed by atoms with Gasteiger partial charge < -0.3 is 4.74 Å². The second-order valence-corrected chi connectivity index (χ2v) is 6.29. The summed E-state index contributed by atoms with van der Waals surface area (Å²) in [7, 11) is 0. The van der Waals surface area contributed by atoms with Gasteiger partial charge in [-0.05, 0) is 17.9 Å². The molecule has 1 aromatic carbocycles. The number of ether oxygens (including phenoxy) is 1. The molecule has 3 rings (SSSR count). The van der Waals surface area contributed by atoms with E-state index < -0.39 is 0 Å². The summed E-state index contributed by atoms with van der Waals surface area (Å²) < 4.78 is 5.50. The first-order chi connectivity index (χ1) is 9.90. The van der Waals surface area contributed by atoms with Crippen molar-refractivity contribution >= 4 is 11.3 Å². The Morgan fingerprint density at radius 2 is 2.15 bits per heavy atom. The van der Waals surface area contributed by atoms with Crippen LogP contribution in [0, 0.1) is 5.92 Å². The second kappa shape index (κ2) is 6.97. The van der Waals surface area contributed by atoms with E-state index in [-0.39, 0.29) is 0 Å². The van der Waals surface area contributed by atoms with Gasteiger partial charge in [0.2, 0.25) is 0 Å². The summed E-state index contributed by atoms with van der Waals surface area (Å²) in [4.78, 5) is 6.91. The average Bonchev–Trinajstić information content (AvgIpc) is 3.13. The molecule has 1 aliphatic rings. The standard InChI is InChI=1S/C16H20N2OS/c1-2-4-14(5-3-1)10-18(11-15-6-8-19-13-15)12-16-17-7-9-20-16/h1-5,7,9,15H,6,8,10-13H2/t15-/m0/s1. The van der Waals surface area contributed by atoms with Crippen LogP contribution in [0.2, 0.25) is 0 Å². The Labute approximate surface area is 124 Å². The molecule has 0 spiro atoms. The molecule has 3 nitrogen and oxygen atoms in total. The lowest BCUT2D eigenvalue weighted by atomic mass is 10.1. The van der Waals surface area contributed by atoms with Crippen molar-refractivity contribution in [3.63, 3.8) is 0 Å². The zero-order valence-electron chi connectivity index (χ0n) is 11.6. The average molecular weight is 288 g/mol. The van der Waals surface area contributed by atoms with E-state index in [0.717, 1.165) is 32.8 Å². The van der Waals surface area contributed by atoms with Crippen LogP contribution in [0.4, 0.5) is 0 Å². The SMILES string of the molecule is c1ccc(CN(Cc2nccs2)C[C@@H]2CCOC2)cc1. The van der Waals surface area contributed by atoms with Gasteiger partial charge in [0, 0.05) is 31.3 Å². The number of benzene rings is 1. The number of nitrogens with zero attached hydrogens (tertiary/aromatic N) is 2. The van der Waals surface area contributed by atoms with E-state index in [1.54, 1.807) is 11.3 Å². The van der Waals surface area contributed by atoms with Crippen LogP contribution in [0.15, 0.2) is 41.9 Å². The molecule has 106 valence electrons. The quantitative estimate of drug-likeness (QED) is 0.816. The van der Waals surface area contributed by atoms with Crippen LogP contribution in [0.3, 0.4) is 0 Å². The third-order valence-corrected chi connectivity index (χ3v) is 4.40. The first-order valence-electron chi connectivity index (χ1n) is 7.12. The minimum Gasteiger partial charge on any atom is -0.381 e. The van der Waals surface area contributed by atoms with Gasteiger partial charge in [-0.3, -0.25) is 4.90 Å². The molecule has 0 radical (unpaired) electrons. The van der Waals surface area contributed by atoms with Crippen molar-refractivity contribution in [2.45, 2.75) is 19.5 Å². The molecule has 2 heterocycles. The van der Waals surface area contributed by atoms with Gasteiger partial charge in [0.15, 0.2) is 0 Å². The Morgan fingerprint density at radius 3 is 2.85 bits per heavy atom. The molecule has 1 fully saturated rings. The van der Waals surface area contributed by atoms with Gasteiger partial charge in [-0.2, -0.15) is 0 Å². The first kappa shape index (κ1) is 13.7. The van der Waals surface area contributed by atoms with Gasteiger partial charge in [0.05, 0.1) is 13.2 Å². The van der Waals surface area contributed by atoms with E-state index in [1.165, 1.54) is 17.0 Å². The fourth-order valence-corrected chi connectivity index (χ4v) is 3.30. The monoisotopic (exact) mass is 288 g/mol. The fraction of sp³-hybridized carbons (Fsp3) is 0.438. The molecule has 1 aromatic heterocycles. The van der Waals surface area contributed by atoms with E-state index >= 15 is 0 Å².